The third-order valence-corrected chi connectivity index (χ3v) is 4.01. The van der Waals surface area contributed by atoms with E-state index in [1.807, 2.05) is 19.9 Å². The number of nitrogens with one attached hydrogen (secondary N) is 1. The molecule has 0 spiro atoms. The lowest BCUT2D eigenvalue weighted by molar-refractivity contribution is -0.130. The van der Waals surface area contributed by atoms with Crippen LogP contribution in [0.2, 0.25) is 0 Å². The van der Waals surface area contributed by atoms with Gasteiger partial charge in [-0.2, -0.15) is 0 Å². The van der Waals surface area contributed by atoms with Crippen molar-refractivity contribution >= 4 is 23.6 Å². The predicted octanol–water partition coefficient (Wildman–Crippen LogP) is 2.86. The first kappa shape index (κ1) is 18.6. The molecule has 2 heterocycles. The summed E-state index contributed by atoms with van der Waals surface area (Å²) in [6.07, 6.45) is 3.00. The molecule has 1 N–H and O–H groups in total. The van der Waals surface area contributed by atoms with Crippen molar-refractivity contribution in [3.05, 3.63) is 47.9 Å². The van der Waals surface area contributed by atoms with Crippen LogP contribution in [0.4, 0.5) is 5.69 Å². The first-order chi connectivity index (χ1) is 13.0. The van der Waals surface area contributed by atoms with Crippen LogP contribution in [0.1, 0.15) is 18.4 Å². The van der Waals surface area contributed by atoms with Crippen molar-refractivity contribution in [3.8, 4) is 11.5 Å². The average molecular weight is 370 g/mol. The Hall–Kier alpha value is -3.22. The molecule has 0 bridgehead atoms. The third-order valence-electron chi connectivity index (χ3n) is 4.01. The van der Waals surface area contributed by atoms with E-state index < -0.39 is 0 Å². The minimum absolute atomic E-state index is 0.0503. The van der Waals surface area contributed by atoms with Gasteiger partial charge >= 0.3 is 0 Å². The largest absolute Gasteiger partial charge is 0.486 e. The Morgan fingerprint density at radius 2 is 1.93 bits per heavy atom. The van der Waals surface area contributed by atoms with Crippen molar-refractivity contribution in [1.29, 1.82) is 0 Å². The van der Waals surface area contributed by atoms with Crippen molar-refractivity contribution in [2.45, 2.75) is 13.8 Å². The number of furan rings is 1. The van der Waals surface area contributed by atoms with Crippen LogP contribution < -0.4 is 14.8 Å². The molecule has 3 rings (SSSR count). The number of carbonyl (C=O) groups is 2. The highest BCUT2D eigenvalue weighted by Gasteiger charge is 2.16. The van der Waals surface area contributed by atoms with Crippen LogP contribution in [0.3, 0.4) is 0 Å². The van der Waals surface area contributed by atoms with Crippen LogP contribution in [0.5, 0.6) is 11.5 Å². The number of rotatable bonds is 6. The van der Waals surface area contributed by atoms with Gasteiger partial charge in [0.15, 0.2) is 11.5 Å². The highest BCUT2D eigenvalue weighted by molar-refractivity contribution is 5.98. The summed E-state index contributed by atoms with van der Waals surface area (Å²) in [5.41, 5.74) is 0.592. The van der Waals surface area contributed by atoms with Crippen molar-refractivity contribution in [2.75, 3.05) is 31.6 Å². The molecule has 0 radical (unpaired) electrons. The summed E-state index contributed by atoms with van der Waals surface area (Å²) in [6, 6.07) is 8.81. The Morgan fingerprint density at radius 1 is 1.15 bits per heavy atom. The number of likely N-dealkylation sites (N-methyl/N-ethyl adjacent to an activating group) is 1. The Balaban J connectivity index is 1.58. The molecular formula is C20H22N2O5. The maximum atomic E-state index is 12.3. The van der Waals surface area contributed by atoms with Gasteiger partial charge in [-0.3, -0.25) is 9.59 Å². The van der Waals surface area contributed by atoms with Crippen molar-refractivity contribution in [2.24, 2.45) is 0 Å². The number of anilines is 1. The summed E-state index contributed by atoms with van der Waals surface area (Å²) in [6.45, 7) is 5.00. The van der Waals surface area contributed by atoms with E-state index in [-0.39, 0.29) is 18.4 Å². The van der Waals surface area contributed by atoms with E-state index in [2.05, 4.69) is 5.32 Å². The minimum atomic E-state index is -0.288. The molecule has 0 saturated heterocycles. The monoisotopic (exact) mass is 370 g/mol. The zero-order valence-electron chi connectivity index (χ0n) is 15.4. The maximum Gasteiger partial charge on any atom is 0.247 e. The van der Waals surface area contributed by atoms with Gasteiger partial charge in [0.25, 0.3) is 0 Å². The SMILES string of the molecule is CCN(CC(=O)Nc1ccc2c(c1)OCCO2)C(=O)/C=C/c1ccc(C)o1. The lowest BCUT2D eigenvalue weighted by atomic mass is 10.2. The number of benzene rings is 1. The molecule has 1 aliphatic rings. The molecule has 142 valence electrons. The second-order valence-electron chi connectivity index (χ2n) is 6.04. The van der Waals surface area contributed by atoms with Crippen LogP contribution in [0.25, 0.3) is 6.08 Å². The van der Waals surface area contributed by atoms with Gasteiger partial charge in [-0.15, -0.1) is 0 Å². The Morgan fingerprint density at radius 3 is 2.63 bits per heavy atom. The van der Waals surface area contributed by atoms with E-state index in [9.17, 15) is 9.59 Å². The van der Waals surface area contributed by atoms with E-state index in [1.54, 1.807) is 30.3 Å². The first-order valence-corrected chi connectivity index (χ1v) is 8.78. The van der Waals surface area contributed by atoms with Gasteiger partial charge in [-0.1, -0.05) is 0 Å². The molecule has 2 aromatic rings. The topological polar surface area (TPSA) is 81.0 Å². The number of hydrogen-bond donors (Lipinski definition) is 1. The normalized spacial score (nSPS) is 12.8. The zero-order valence-corrected chi connectivity index (χ0v) is 15.4. The predicted molar refractivity (Wildman–Crippen MR) is 101 cm³/mol. The zero-order chi connectivity index (χ0) is 19.2. The smallest absolute Gasteiger partial charge is 0.247 e. The molecule has 7 nitrogen and oxygen atoms in total. The maximum absolute atomic E-state index is 12.3. The average Bonchev–Trinajstić information content (AvgIpc) is 3.09. The van der Waals surface area contributed by atoms with E-state index >= 15 is 0 Å². The summed E-state index contributed by atoms with van der Waals surface area (Å²) in [7, 11) is 0. The fraction of sp³-hybridized carbons (Fsp3) is 0.300. The lowest BCUT2D eigenvalue weighted by Gasteiger charge is -2.20. The molecule has 1 aliphatic heterocycles. The van der Waals surface area contributed by atoms with Gasteiger partial charge < -0.3 is 24.1 Å². The highest BCUT2D eigenvalue weighted by atomic mass is 16.6. The summed E-state index contributed by atoms with van der Waals surface area (Å²) < 4.78 is 16.4. The number of ether oxygens (including phenoxy) is 2. The van der Waals surface area contributed by atoms with E-state index in [0.29, 0.717) is 42.7 Å². The summed E-state index contributed by atoms with van der Waals surface area (Å²) in [5.74, 6) is 2.07. The molecule has 0 fully saturated rings. The third kappa shape index (κ3) is 4.91. The molecule has 0 unspecified atom stereocenters. The molecule has 1 aromatic carbocycles. The van der Waals surface area contributed by atoms with Gasteiger partial charge in [0.05, 0.1) is 0 Å². The molecule has 0 saturated carbocycles. The fourth-order valence-corrected chi connectivity index (χ4v) is 2.64. The van der Waals surface area contributed by atoms with Crippen molar-refractivity contribution in [1.82, 2.24) is 4.90 Å². The number of hydrogen-bond acceptors (Lipinski definition) is 5. The van der Waals surface area contributed by atoms with Gasteiger partial charge in [0, 0.05) is 24.4 Å². The molecular weight excluding hydrogens is 348 g/mol. The number of nitrogens with zero attached hydrogens (tertiary/aromatic N) is 1. The number of fused-ring (bicyclic) bond motifs is 1. The van der Waals surface area contributed by atoms with Crippen molar-refractivity contribution in [3.63, 3.8) is 0 Å². The van der Waals surface area contributed by atoms with Crippen molar-refractivity contribution < 1.29 is 23.5 Å². The van der Waals surface area contributed by atoms with Gasteiger partial charge in [0.1, 0.15) is 31.3 Å². The fourth-order valence-electron chi connectivity index (χ4n) is 2.64. The van der Waals surface area contributed by atoms with Crippen LogP contribution >= 0.6 is 0 Å². The molecule has 7 heteroatoms. The minimum Gasteiger partial charge on any atom is -0.486 e. The second kappa shape index (κ2) is 8.44. The van der Waals surface area contributed by atoms with Gasteiger partial charge in [-0.25, -0.2) is 0 Å². The van der Waals surface area contributed by atoms with E-state index in [4.69, 9.17) is 13.9 Å². The number of amides is 2. The molecule has 27 heavy (non-hydrogen) atoms. The Labute approximate surface area is 157 Å². The van der Waals surface area contributed by atoms with Crippen LogP contribution in [-0.2, 0) is 9.59 Å². The Bertz CT molecular complexity index is 856. The van der Waals surface area contributed by atoms with Gasteiger partial charge in [0.2, 0.25) is 11.8 Å². The summed E-state index contributed by atoms with van der Waals surface area (Å²) >= 11 is 0. The van der Waals surface area contributed by atoms with E-state index in [1.165, 1.54) is 11.0 Å². The number of aryl methyl sites for hydroxylation is 1. The van der Waals surface area contributed by atoms with Crippen LogP contribution in [0.15, 0.2) is 40.8 Å². The highest BCUT2D eigenvalue weighted by Crippen LogP contribution is 2.32. The lowest BCUT2D eigenvalue weighted by Crippen LogP contribution is -2.36. The summed E-state index contributed by atoms with van der Waals surface area (Å²) in [5, 5.41) is 2.78. The molecule has 0 atom stereocenters. The van der Waals surface area contributed by atoms with E-state index in [0.717, 1.165) is 5.76 Å². The standard InChI is InChI=1S/C20H22N2O5/c1-3-22(20(24)9-7-16-6-4-14(2)27-16)13-19(23)21-15-5-8-17-18(12-15)26-11-10-25-17/h4-9,12H,3,10-11,13H2,1-2H3,(H,21,23)/b9-7+. The number of carbonyl (C=O) groups excluding carboxylic acids is 2. The van der Waals surface area contributed by atoms with Crippen LogP contribution in [-0.4, -0.2) is 43.0 Å². The quantitative estimate of drug-likeness (QED) is 0.791. The summed E-state index contributed by atoms with van der Waals surface area (Å²) in [4.78, 5) is 26.1. The molecule has 2 amide bonds. The van der Waals surface area contributed by atoms with Gasteiger partial charge in [-0.05, 0) is 44.2 Å². The second-order valence-corrected chi connectivity index (χ2v) is 6.04. The van der Waals surface area contributed by atoms with Crippen LogP contribution in [0, 0.1) is 6.92 Å². The first-order valence-electron chi connectivity index (χ1n) is 8.78. The molecule has 0 aliphatic carbocycles. The Kier molecular flexibility index (Phi) is 5.80. The molecule has 1 aromatic heterocycles.